The second-order valence-corrected chi connectivity index (χ2v) is 5.50. The molecular formula is C17H20O. The molecule has 2 aromatic rings. The van der Waals surface area contributed by atoms with E-state index in [0.29, 0.717) is 5.92 Å². The second kappa shape index (κ2) is 5.11. The summed E-state index contributed by atoms with van der Waals surface area (Å²) in [6.45, 7) is 0. The smallest absolute Gasteiger partial charge is 0.0608 e. The zero-order valence-electron chi connectivity index (χ0n) is 10.7. The maximum Gasteiger partial charge on any atom is 0.0608 e. The van der Waals surface area contributed by atoms with Gasteiger partial charge in [0, 0.05) is 0 Å². The molecule has 18 heavy (non-hydrogen) atoms. The third-order valence-corrected chi connectivity index (χ3v) is 4.20. The van der Waals surface area contributed by atoms with Crippen LogP contribution in [0.5, 0.6) is 0 Å². The lowest BCUT2D eigenvalue weighted by Gasteiger charge is -2.17. The lowest BCUT2D eigenvalue weighted by molar-refractivity contribution is 0.111. The molecule has 1 aliphatic rings. The fraction of sp³-hybridized carbons (Fsp3) is 0.412. The molecule has 1 heteroatoms. The van der Waals surface area contributed by atoms with Crippen molar-refractivity contribution in [1.29, 1.82) is 0 Å². The van der Waals surface area contributed by atoms with E-state index in [1.165, 1.54) is 42.0 Å². The van der Waals surface area contributed by atoms with Gasteiger partial charge in [-0.05, 0) is 41.5 Å². The number of benzene rings is 2. The average molecular weight is 240 g/mol. The number of fused-ring (bicyclic) bond motifs is 1. The third-order valence-electron chi connectivity index (χ3n) is 4.20. The van der Waals surface area contributed by atoms with Crippen LogP contribution < -0.4 is 0 Å². The molecule has 0 saturated heterocycles. The number of rotatable bonds is 3. The van der Waals surface area contributed by atoms with Crippen molar-refractivity contribution in [3.05, 3.63) is 48.0 Å². The highest BCUT2D eigenvalue weighted by Crippen LogP contribution is 2.29. The summed E-state index contributed by atoms with van der Waals surface area (Å²) in [5, 5.41) is 12.8. The summed E-state index contributed by atoms with van der Waals surface area (Å²) in [6.07, 6.45) is 5.63. The average Bonchev–Trinajstić information content (AvgIpc) is 2.92. The van der Waals surface area contributed by atoms with Gasteiger partial charge in [0.05, 0.1) is 6.10 Å². The minimum atomic E-state index is -0.159. The van der Waals surface area contributed by atoms with E-state index in [4.69, 9.17) is 0 Å². The molecule has 0 aromatic heterocycles. The fourth-order valence-corrected chi connectivity index (χ4v) is 3.12. The highest BCUT2D eigenvalue weighted by Gasteiger charge is 2.23. The lowest BCUT2D eigenvalue weighted by Crippen LogP contribution is -2.20. The quantitative estimate of drug-likeness (QED) is 0.861. The molecule has 1 saturated carbocycles. The zero-order valence-corrected chi connectivity index (χ0v) is 10.7. The van der Waals surface area contributed by atoms with Crippen LogP contribution in [0.15, 0.2) is 42.5 Å². The normalized spacial score (nSPS) is 18.3. The predicted octanol–water partition coefficient (Wildman–Crippen LogP) is 3.93. The van der Waals surface area contributed by atoms with Gasteiger partial charge in [0.1, 0.15) is 0 Å². The molecule has 0 bridgehead atoms. The summed E-state index contributed by atoms with van der Waals surface area (Å²) < 4.78 is 0. The maximum absolute atomic E-state index is 10.3. The van der Waals surface area contributed by atoms with E-state index < -0.39 is 0 Å². The van der Waals surface area contributed by atoms with E-state index in [9.17, 15) is 5.11 Å². The lowest BCUT2D eigenvalue weighted by atomic mass is 9.94. The van der Waals surface area contributed by atoms with Crippen LogP contribution in [0.25, 0.3) is 10.8 Å². The predicted molar refractivity (Wildman–Crippen MR) is 75.6 cm³/mol. The Hall–Kier alpha value is -1.34. The zero-order chi connectivity index (χ0) is 12.4. The number of aliphatic hydroxyl groups excluding tert-OH is 1. The highest BCUT2D eigenvalue weighted by molar-refractivity contribution is 5.82. The van der Waals surface area contributed by atoms with Gasteiger partial charge < -0.3 is 5.11 Å². The largest absolute Gasteiger partial charge is 0.392 e. The van der Waals surface area contributed by atoms with Crippen molar-refractivity contribution in [1.82, 2.24) is 0 Å². The van der Waals surface area contributed by atoms with Gasteiger partial charge in [0.25, 0.3) is 0 Å². The molecule has 94 valence electrons. The Balaban J connectivity index is 1.77. The summed E-state index contributed by atoms with van der Waals surface area (Å²) in [4.78, 5) is 0. The van der Waals surface area contributed by atoms with Crippen LogP contribution in [-0.2, 0) is 6.42 Å². The SMILES string of the molecule is OC(Cc1ccc2ccccc2c1)C1CCCC1. The topological polar surface area (TPSA) is 20.2 Å². The summed E-state index contributed by atoms with van der Waals surface area (Å²) >= 11 is 0. The molecule has 1 atom stereocenters. The molecule has 1 nitrogen and oxygen atoms in total. The van der Waals surface area contributed by atoms with Gasteiger partial charge in [-0.15, -0.1) is 0 Å². The van der Waals surface area contributed by atoms with Crippen molar-refractivity contribution in [2.24, 2.45) is 5.92 Å². The first-order valence-corrected chi connectivity index (χ1v) is 6.99. The fourth-order valence-electron chi connectivity index (χ4n) is 3.12. The Morgan fingerprint density at radius 3 is 2.50 bits per heavy atom. The Bertz CT molecular complexity index is 526. The summed E-state index contributed by atoms with van der Waals surface area (Å²) in [6, 6.07) is 14.9. The summed E-state index contributed by atoms with van der Waals surface area (Å²) in [5.41, 5.74) is 1.26. The molecule has 1 aliphatic carbocycles. The van der Waals surface area contributed by atoms with Crippen molar-refractivity contribution < 1.29 is 5.11 Å². The molecule has 1 unspecified atom stereocenters. The van der Waals surface area contributed by atoms with Crippen LogP contribution in [0, 0.1) is 5.92 Å². The number of aliphatic hydroxyl groups is 1. The Morgan fingerprint density at radius 2 is 1.72 bits per heavy atom. The van der Waals surface area contributed by atoms with Crippen LogP contribution in [-0.4, -0.2) is 11.2 Å². The Kier molecular flexibility index (Phi) is 3.33. The van der Waals surface area contributed by atoms with Crippen LogP contribution in [0.3, 0.4) is 0 Å². The molecule has 0 radical (unpaired) electrons. The van der Waals surface area contributed by atoms with Crippen molar-refractivity contribution >= 4 is 10.8 Å². The maximum atomic E-state index is 10.3. The van der Waals surface area contributed by atoms with Gasteiger partial charge in [0.15, 0.2) is 0 Å². The minimum Gasteiger partial charge on any atom is -0.392 e. The molecule has 1 fully saturated rings. The number of hydrogen-bond acceptors (Lipinski definition) is 1. The van der Waals surface area contributed by atoms with Gasteiger partial charge in [-0.25, -0.2) is 0 Å². The molecule has 1 N–H and O–H groups in total. The van der Waals surface area contributed by atoms with Crippen LogP contribution in [0.2, 0.25) is 0 Å². The van der Waals surface area contributed by atoms with Crippen LogP contribution in [0.1, 0.15) is 31.2 Å². The summed E-state index contributed by atoms with van der Waals surface area (Å²) in [5.74, 6) is 0.525. The van der Waals surface area contributed by atoms with Gasteiger partial charge >= 0.3 is 0 Å². The van der Waals surface area contributed by atoms with E-state index in [-0.39, 0.29) is 6.10 Å². The molecule has 2 aromatic carbocycles. The van der Waals surface area contributed by atoms with E-state index in [1.807, 2.05) is 0 Å². The molecule has 0 aliphatic heterocycles. The van der Waals surface area contributed by atoms with Crippen LogP contribution in [0.4, 0.5) is 0 Å². The van der Waals surface area contributed by atoms with E-state index in [2.05, 4.69) is 42.5 Å². The molecule has 0 heterocycles. The Morgan fingerprint density at radius 1 is 1.00 bits per heavy atom. The molecule has 0 spiro atoms. The van der Waals surface area contributed by atoms with Crippen molar-refractivity contribution in [2.45, 2.75) is 38.2 Å². The van der Waals surface area contributed by atoms with E-state index >= 15 is 0 Å². The standard InChI is InChI=1S/C17H20O/c18-17(15-6-2-3-7-15)12-13-9-10-14-5-1-4-8-16(14)11-13/h1,4-5,8-11,15,17-18H,2-3,6-7,12H2. The van der Waals surface area contributed by atoms with Crippen molar-refractivity contribution in [3.8, 4) is 0 Å². The number of hydrogen-bond donors (Lipinski definition) is 1. The monoisotopic (exact) mass is 240 g/mol. The first kappa shape index (κ1) is 11.7. The van der Waals surface area contributed by atoms with E-state index in [0.717, 1.165) is 6.42 Å². The van der Waals surface area contributed by atoms with E-state index in [1.54, 1.807) is 0 Å². The van der Waals surface area contributed by atoms with Crippen LogP contribution >= 0.6 is 0 Å². The molecular weight excluding hydrogens is 220 g/mol. The van der Waals surface area contributed by atoms with Gasteiger partial charge in [-0.3, -0.25) is 0 Å². The van der Waals surface area contributed by atoms with Crippen molar-refractivity contribution in [3.63, 3.8) is 0 Å². The van der Waals surface area contributed by atoms with Gasteiger partial charge in [-0.1, -0.05) is 55.3 Å². The van der Waals surface area contributed by atoms with Crippen molar-refractivity contribution in [2.75, 3.05) is 0 Å². The first-order chi connectivity index (χ1) is 8.83. The summed E-state index contributed by atoms with van der Waals surface area (Å²) in [7, 11) is 0. The molecule has 0 amide bonds. The third kappa shape index (κ3) is 2.41. The Labute approximate surface area is 108 Å². The highest BCUT2D eigenvalue weighted by atomic mass is 16.3. The molecule has 3 rings (SSSR count). The van der Waals surface area contributed by atoms with Gasteiger partial charge in [-0.2, -0.15) is 0 Å². The second-order valence-electron chi connectivity index (χ2n) is 5.50. The van der Waals surface area contributed by atoms with Gasteiger partial charge in [0.2, 0.25) is 0 Å². The first-order valence-electron chi connectivity index (χ1n) is 6.99. The minimum absolute atomic E-state index is 0.159.